The number of benzene rings is 1. The lowest BCUT2D eigenvalue weighted by Gasteiger charge is -2.35. The second-order valence-electron chi connectivity index (χ2n) is 10.2. The van der Waals surface area contributed by atoms with Crippen molar-refractivity contribution < 1.29 is 24.2 Å². The molecule has 3 unspecified atom stereocenters. The topological polar surface area (TPSA) is 108 Å². The van der Waals surface area contributed by atoms with Gasteiger partial charge in [-0.2, -0.15) is 12.6 Å². The molecule has 0 aliphatic heterocycles. The number of hydrogen-bond acceptors (Lipinski definition) is 6. The van der Waals surface area contributed by atoms with Crippen LogP contribution in [-0.4, -0.2) is 57.9 Å². The summed E-state index contributed by atoms with van der Waals surface area (Å²) in [5, 5.41) is 15.5. The Morgan fingerprint density at radius 3 is 2.19 bits per heavy atom. The van der Waals surface area contributed by atoms with Crippen molar-refractivity contribution in [2.75, 3.05) is 12.3 Å². The van der Waals surface area contributed by atoms with Crippen LogP contribution in [0.1, 0.15) is 91.7 Å². The van der Waals surface area contributed by atoms with E-state index in [4.69, 9.17) is 4.74 Å². The van der Waals surface area contributed by atoms with Crippen molar-refractivity contribution in [1.29, 1.82) is 0 Å². The number of thiol groups is 1. The molecule has 0 radical (unpaired) electrons. The molecule has 1 aromatic carbocycles. The molecule has 0 aliphatic rings. The standard InChI is InChI=1S/C27H45N3O5S/c1-7-9-10-11-17-30(25(33)22(18-36)29-26(34)35-27(4,5)6)23(20-13-15-21(31)16-14-20)24(32)28-19(3)12-8-2/h13-16,19,22-23,31,36H,7-12,17-18H2,1-6H3,(H,28,32)(H,29,34). The second-order valence-corrected chi connectivity index (χ2v) is 10.5. The summed E-state index contributed by atoms with van der Waals surface area (Å²) >= 11 is 4.31. The molecule has 0 aliphatic carbocycles. The first kappa shape index (κ1) is 31.6. The maximum Gasteiger partial charge on any atom is 0.408 e. The zero-order chi connectivity index (χ0) is 27.3. The molecule has 3 amide bonds. The smallest absolute Gasteiger partial charge is 0.408 e. The molecule has 9 heteroatoms. The van der Waals surface area contributed by atoms with E-state index in [2.05, 4.69) is 30.2 Å². The van der Waals surface area contributed by atoms with Crippen molar-refractivity contribution >= 4 is 30.5 Å². The van der Waals surface area contributed by atoms with E-state index in [9.17, 15) is 19.5 Å². The molecule has 0 bridgehead atoms. The lowest BCUT2D eigenvalue weighted by molar-refractivity contribution is -0.142. The predicted molar refractivity (Wildman–Crippen MR) is 146 cm³/mol. The fraction of sp³-hybridized carbons (Fsp3) is 0.667. The van der Waals surface area contributed by atoms with Gasteiger partial charge in [0, 0.05) is 18.3 Å². The first-order valence-corrected chi connectivity index (χ1v) is 13.6. The minimum atomic E-state index is -0.977. The zero-order valence-electron chi connectivity index (χ0n) is 22.7. The van der Waals surface area contributed by atoms with Gasteiger partial charge in [-0.15, -0.1) is 0 Å². The molecule has 8 nitrogen and oxygen atoms in total. The van der Waals surface area contributed by atoms with Crippen molar-refractivity contribution in [3.8, 4) is 5.75 Å². The molecule has 0 fully saturated rings. The molecule has 3 N–H and O–H groups in total. The van der Waals surface area contributed by atoms with E-state index in [1.165, 1.54) is 17.0 Å². The molecule has 1 aromatic rings. The fourth-order valence-corrected chi connectivity index (χ4v) is 4.11. The number of nitrogens with one attached hydrogen (secondary N) is 2. The maximum absolute atomic E-state index is 13.8. The van der Waals surface area contributed by atoms with Gasteiger partial charge < -0.3 is 25.4 Å². The fourth-order valence-electron chi connectivity index (χ4n) is 3.87. The molecule has 0 saturated heterocycles. The molecule has 0 heterocycles. The monoisotopic (exact) mass is 523 g/mol. The Bertz CT molecular complexity index is 826. The van der Waals surface area contributed by atoms with E-state index < -0.39 is 29.7 Å². The quantitative estimate of drug-likeness (QED) is 0.203. The van der Waals surface area contributed by atoms with E-state index in [0.717, 1.165) is 32.1 Å². The van der Waals surface area contributed by atoms with Crippen LogP contribution >= 0.6 is 12.6 Å². The Morgan fingerprint density at radius 2 is 1.67 bits per heavy atom. The third-order valence-corrected chi connectivity index (χ3v) is 5.95. The van der Waals surface area contributed by atoms with Crippen molar-refractivity contribution in [2.45, 2.75) is 104 Å². The van der Waals surface area contributed by atoms with Gasteiger partial charge in [0.1, 0.15) is 23.4 Å². The third kappa shape index (κ3) is 11.1. The summed E-state index contributed by atoms with van der Waals surface area (Å²) in [6.07, 6.45) is 4.65. The highest BCUT2D eigenvalue weighted by atomic mass is 32.1. The highest BCUT2D eigenvalue weighted by molar-refractivity contribution is 7.80. The Labute approximate surface area is 222 Å². The van der Waals surface area contributed by atoms with Gasteiger partial charge in [-0.05, 0) is 58.2 Å². The van der Waals surface area contributed by atoms with Crippen LogP contribution in [0.4, 0.5) is 4.79 Å². The van der Waals surface area contributed by atoms with Gasteiger partial charge >= 0.3 is 6.09 Å². The molecular formula is C27H45N3O5S. The van der Waals surface area contributed by atoms with Gasteiger partial charge in [-0.25, -0.2) is 4.79 Å². The largest absolute Gasteiger partial charge is 0.508 e. The molecular weight excluding hydrogens is 478 g/mol. The molecule has 0 aromatic heterocycles. The number of hydrogen-bond donors (Lipinski definition) is 4. The van der Waals surface area contributed by atoms with Crippen LogP contribution < -0.4 is 10.6 Å². The number of aromatic hydroxyl groups is 1. The number of phenolic OH excluding ortho intramolecular Hbond substituents is 1. The Balaban J connectivity index is 3.36. The number of carbonyl (C=O) groups is 3. The van der Waals surface area contributed by atoms with Gasteiger partial charge in [0.05, 0.1) is 0 Å². The number of ether oxygens (including phenoxy) is 1. The summed E-state index contributed by atoms with van der Waals surface area (Å²) in [4.78, 5) is 41.3. The van der Waals surface area contributed by atoms with E-state index in [1.54, 1.807) is 32.9 Å². The summed E-state index contributed by atoms with van der Waals surface area (Å²) in [7, 11) is 0. The normalized spacial score (nSPS) is 13.9. The molecule has 1 rings (SSSR count). The number of nitrogens with zero attached hydrogens (tertiary/aromatic N) is 1. The van der Waals surface area contributed by atoms with Gasteiger partial charge in [0.15, 0.2) is 0 Å². The van der Waals surface area contributed by atoms with Crippen molar-refractivity contribution in [1.82, 2.24) is 15.5 Å². The summed E-state index contributed by atoms with van der Waals surface area (Å²) < 4.78 is 5.34. The minimum Gasteiger partial charge on any atom is -0.508 e. The van der Waals surface area contributed by atoms with Crippen molar-refractivity contribution in [3.05, 3.63) is 29.8 Å². The Hall–Kier alpha value is -2.42. The minimum absolute atomic E-state index is 0.0414. The molecule has 0 spiro atoms. The van der Waals surface area contributed by atoms with Crippen LogP contribution in [0.5, 0.6) is 5.75 Å². The maximum atomic E-state index is 13.8. The summed E-state index contributed by atoms with van der Waals surface area (Å²) in [6, 6.07) is 4.32. The van der Waals surface area contributed by atoms with Crippen LogP contribution in [0, 0.1) is 0 Å². The molecule has 0 saturated carbocycles. The third-order valence-electron chi connectivity index (χ3n) is 5.59. The zero-order valence-corrected chi connectivity index (χ0v) is 23.6. The number of carbonyl (C=O) groups excluding carboxylic acids is 3. The first-order valence-electron chi connectivity index (χ1n) is 12.9. The summed E-state index contributed by atoms with van der Waals surface area (Å²) in [5.41, 5.74) is -0.147. The number of amides is 3. The predicted octanol–water partition coefficient (Wildman–Crippen LogP) is 4.97. The highest BCUT2D eigenvalue weighted by Gasteiger charge is 2.36. The average molecular weight is 524 g/mol. The van der Waals surface area contributed by atoms with Crippen LogP contribution in [0.2, 0.25) is 0 Å². The second kappa shape index (κ2) is 15.6. The SMILES string of the molecule is CCCCCCN(C(=O)C(CS)NC(=O)OC(C)(C)C)C(C(=O)NC(C)CCC)c1ccc(O)cc1. The lowest BCUT2D eigenvalue weighted by Crippen LogP contribution is -2.54. The number of phenols is 1. The van der Waals surface area contributed by atoms with Crippen molar-refractivity contribution in [2.24, 2.45) is 0 Å². The lowest BCUT2D eigenvalue weighted by atomic mass is 10.0. The number of rotatable bonds is 14. The van der Waals surface area contributed by atoms with E-state index >= 15 is 0 Å². The average Bonchev–Trinajstić information content (AvgIpc) is 2.79. The Morgan fingerprint density at radius 1 is 1.03 bits per heavy atom. The van der Waals surface area contributed by atoms with Crippen LogP contribution in [0.3, 0.4) is 0 Å². The van der Waals surface area contributed by atoms with Crippen LogP contribution in [-0.2, 0) is 14.3 Å². The van der Waals surface area contributed by atoms with Gasteiger partial charge in [0.25, 0.3) is 0 Å². The van der Waals surface area contributed by atoms with Gasteiger partial charge in [-0.3, -0.25) is 9.59 Å². The van der Waals surface area contributed by atoms with E-state index in [1.807, 2.05) is 13.8 Å². The number of unbranched alkanes of at least 4 members (excludes halogenated alkanes) is 3. The number of alkyl carbamates (subject to hydrolysis) is 1. The highest BCUT2D eigenvalue weighted by Crippen LogP contribution is 2.26. The summed E-state index contributed by atoms with van der Waals surface area (Å²) in [5.74, 6) is -0.609. The first-order chi connectivity index (χ1) is 16.9. The molecule has 36 heavy (non-hydrogen) atoms. The van der Waals surface area contributed by atoms with Gasteiger partial charge in [0.2, 0.25) is 11.8 Å². The summed E-state index contributed by atoms with van der Waals surface area (Å²) in [6.45, 7) is 11.6. The Kier molecular flexibility index (Phi) is 13.7. The van der Waals surface area contributed by atoms with E-state index in [-0.39, 0.29) is 23.5 Å². The van der Waals surface area contributed by atoms with Crippen LogP contribution in [0.15, 0.2) is 24.3 Å². The molecule has 3 atom stereocenters. The molecule has 204 valence electrons. The van der Waals surface area contributed by atoms with Crippen molar-refractivity contribution in [3.63, 3.8) is 0 Å². The van der Waals surface area contributed by atoms with Crippen LogP contribution in [0.25, 0.3) is 0 Å². The van der Waals surface area contributed by atoms with E-state index in [0.29, 0.717) is 18.5 Å². The van der Waals surface area contributed by atoms with Gasteiger partial charge in [-0.1, -0.05) is 51.7 Å².